The second-order valence-corrected chi connectivity index (χ2v) is 7.56. The van der Waals surface area contributed by atoms with Gasteiger partial charge in [-0.1, -0.05) is 34.1 Å². The number of hydrogen-bond acceptors (Lipinski definition) is 2. The number of rotatable bonds is 1. The van der Waals surface area contributed by atoms with Gasteiger partial charge in [-0.15, -0.1) is 0 Å². The number of β-amino-alcohol motifs (C(OH)–C–C–N with tert-alkyl or cyclic N) is 1. The van der Waals surface area contributed by atoms with Crippen molar-refractivity contribution in [2.75, 3.05) is 6.54 Å². The van der Waals surface area contributed by atoms with Gasteiger partial charge < -0.3 is 20.4 Å². The van der Waals surface area contributed by atoms with E-state index in [1.54, 1.807) is 0 Å². The Labute approximate surface area is 157 Å². The Bertz CT molecular complexity index is 1160. The summed E-state index contributed by atoms with van der Waals surface area (Å²) in [6.45, 7) is 0.209. The van der Waals surface area contributed by atoms with Gasteiger partial charge >= 0.3 is 0 Å². The predicted octanol–water partition coefficient (Wildman–Crippen LogP) is 3.65. The molecule has 26 heavy (non-hydrogen) atoms. The van der Waals surface area contributed by atoms with Crippen molar-refractivity contribution >= 4 is 43.6 Å². The van der Waals surface area contributed by atoms with Crippen LogP contribution in [-0.4, -0.2) is 33.6 Å². The summed E-state index contributed by atoms with van der Waals surface area (Å²) in [6, 6.07) is 13.9. The molecule has 0 spiro atoms. The summed E-state index contributed by atoms with van der Waals surface area (Å²) < 4.78 is 0.974. The van der Waals surface area contributed by atoms with Gasteiger partial charge in [0.05, 0.1) is 6.10 Å². The number of aliphatic hydroxyl groups is 1. The molecule has 0 fully saturated rings. The summed E-state index contributed by atoms with van der Waals surface area (Å²) in [5.74, 6) is -0.498. The third-order valence-electron chi connectivity index (χ3n) is 5.15. The topological polar surface area (TPSA) is 80.9 Å². The van der Waals surface area contributed by atoms with Crippen LogP contribution in [0.25, 0.3) is 21.8 Å². The first kappa shape index (κ1) is 15.7. The maximum Gasteiger partial charge on any atom is 0.268 e. The van der Waals surface area contributed by atoms with E-state index in [1.807, 2.05) is 48.7 Å². The summed E-state index contributed by atoms with van der Waals surface area (Å²) >= 11 is 3.53. The molecule has 4 aromatic rings. The zero-order chi connectivity index (χ0) is 17.8. The zero-order valence-corrected chi connectivity index (χ0v) is 15.3. The van der Waals surface area contributed by atoms with Gasteiger partial charge in [0.2, 0.25) is 0 Å². The third kappa shape index (κ3) is 2.22. The lowest BCUT2D eigenvalue weighted by atomic mass is 9.85. The van der Waals surface area contributed by atoms with E-state index >= 15 is 0 Å². The number of aromatic nitrogens is 2. The van der Waals surface area contributed by atoms with E-state index in [-0.39, 0.29) is 18.4 Å². The second-order valence-electron chi connectivity index (χ2n) is 6.65. The van der Waals surface area contributed by atoms with E-state index in [2.05, 4.69) is 31.2 Å². The summed E-state index contributed by atoms with van der Waals surface area (Å²) in [7, 11) is 0. The average molecular weight is 410 g/mol. The first-order valence-corrected chi connectivity index (χ1v) is 9.26. The minimum absolute atomic E-state index is 0.182. The number of nitrogens with one attached hydrogen (secondary N) is 3. The lowest BCUT2D eigenvalue weighted by Gasteiger charge is -2.21. The summed E-state index contributed by atoms with van der Waals surface area (Å²) in [4.78, 5) is 19.1. The lowest BCUT2D eigenvalue weighted by Crippen LogP contribution is -2.31. The van der Waals surface area contributed by atoms with Crippen LogP contribution in [0.15, 0.2) is 53.1 Å². The molecule has 130 valence electrons. The number of para-hydroxylation sites is 1. The van der Waals surface area contributed by atoms with E-state index in [9.17, 15) is 9.90 Å². The number of carbonyl (C=O) groups excluding carboxylic acids is 1. The minimum atomic E-state index is -0.725. The number of carbonyl (C=O) groups is 1. The first-order valence-electron chi connectivity index (χ1n) is 8.47. The molecule has 2 atom stereocenters. The van der Waals surface area contributed by atoms with Crippen LogP contribution in [0.4, 0.5) is 0 Å². The molecule has 2 aromatic heterocycles. The van der Waals surface area contributed by atoms with Gasteiger partial charge in [0.15, 0.2) is 0 Å². The van der Waals surface area contributed by atoms with E-state index in [4.69, 9.17) is 0 Å². The van der Waals surface area contributed by atoms with Crippen LogP contribution in [0, 0.1) is 0 Å². The zero-order valence-electron chi connectivity index (χ0n) is 13.7. The largest absolute Gasteiger partial charge is 0.390 e. The fourth-order valence-corrected chi connectivity index (χ4v) is 4.36. The molecule has 0 saturated carbocycles. The van der Waals surface area contributed by atoms with E-state index < -0.39 is 6.10 Å². The van der Waals surface area contributed by atoms with Crippen molar-refractivity contribution in [3.63, 3.8) is 0 Å². The highest BCUT2D eigenvalue weighted by atomic mass is 79.9. The normalized spacial score (nSPS) is 20.2. The number of fused-ring (bicyclic) bond motifs is 4. The Hall–Kier alpha value is -2.57. The molecule has 0 saturated heterocycles. The lowest BCUT2D eigenvalue weighted by molar-refractivity contribution is 0.0922. The quantitative estimate of drug-likeness (QED) is 0.387. The van der Waals surface area contributed by atoms with E-state index in [1.165, 1.54) is 0 Å². The molecule has 1 aliphatic rings. The second kappa shape index (κ2) is 5.72. The van der Waals surface area contributed by atoms with Gasteiger partial charge in [0, 0.05) is 50.5 Å². The summed E-state index contributed by atoms with van der Waals surface area (Å²) in [5, 5.41) is 15.8. The number of halogens is 1. The Kier molecular flexibility index (Phi) is 3.45. The number of aliphatic hydroxyl groups excluding tert-OH is 1. The smallest absolute Gasteiger partial charge is 0.268 e. The molecule has 2 aromatic carbocycles. The van der Waals surface area contributed by atoms with E-state index in [0.717, 1.165) is 37.4 Å². The standard InChI is InChI=1S/C20H16BrN3O2/c21-10-5-6-14-12(7-10)13(8-22-14)17-16(25)9-23-20(26)19-18(17)11-3-1-2-4-15(11)24-19/h1-8,16-17,22,24-25H,9H2,(H,23,26)/t16-,17+/m0/s1. The van der Waals surface area contributed by atoms with Crippen LogP contribution in [0.3, 0.4) is 0 Å². The van der Waals surface area contributed by atoms with Gasteiger partial charge in [0.25, 0.3) is 5.91 Å². The Morgan fingerprint density at radius 1 is 1.08 bits per heavy atom. The first-order chi connectivity index (χ1) is 12.6. The summed E-state index contributed by atoms with van der Waals surface area (Å²) in [5.41, 5.74) is 4.26. The van der Waals surface area contributed by atoms with E-state index in [0.29, 0.717) is 5.69 Å². The van der Waals surface area contributed by atoms with Crippen molar-refractivity contribution in [1.29, 1.82) is 0 Å². The maximum absolute atomic E-state index is 12.6. The number of hydrogen-bond donors (Lipinski definition) is 4. The molecule has 0 unspecified atom stereocenters. The number of H-pyrrole nitrogens is 2. The highest BCUT2D eigenvalue weighted by molar-refractivity contribution is 9.10. The number of amides is 1. The monoisotopic (exact) mass is 409 g/mol. The Morgan fingerprint density at radius 2 is 1.92 bits per heavy atom. The van der Waals surface area contributed by atoms with Crippen molar-refractivity contribution in [2.24, 2.45) is 0 Å². The van der Waals surface area contributed by atoms with Crippen molar-refractivity contribution in [2.45, 2.75) is 12.0 Å². The molecule has 1 aliphatic heterocycles. The molecule has 6 heteroatoms. The van der Waals surface area contributed by atoms with Crippen molar-refractivity contribution in [3.8, 4) is 0 Å². The van der Waals surface area contributed by atoms with Crippen LogP contribution in [0.2, 0.25) is 0 Å². The molecule has 3 heterocycles. The molecular weight excluding hydrogens is 394 g/mol. The molecule has 5 rings (SSSR count). The third-order valence-corrected chi connectivity index (χ3v) is 5.64. The molecular formula is C20H16BrN3O2. The summed E-state index contributed by atoms with van der Waals surface area (Å²) in [6.07, 6.45) is 1.21. The van der Waals surface area contributed by atoms with Gasteiger partial charge in [-0.25, -0.2) is 0 Å². The molecule has 5 nitrogen and oxygen atoms in total. The van der Waals surface area contributed by atoms with Gasteiger partial charge in [-0.2, -0.15) is 0 Å². The Balaban J connectivity index is 1.84. The highest BCUT2D eigenvalue weighted by Gasteiger charge is 2.35. The fraction of sp³-hybridized carbons (Fsp3) is 0.150. The highest BCUT2D eigenvalue weighted by Crippen LogP contribution is 2.40. The molecule has 4 N–H and O–H groups in total. The van der Waals surface area contributed by atoms with Gasteiger partial charge in [-0.3, -0.25) is 4.79 Å². The van der Waals surface area contributed by atoms with Crippen LogP contribution in [0.1, 0.15) is 27.5 Å². The van der Waals surface area contributed by atoms with Crippen LogP contribution in [0.5, 0.6) is 0 Å². The SMILES string of the molecule is O=C1NC[C@H](O)[C@@H](c2c[nH]c3ccc(Br)cc23)c2c1[nH]c1ccccc21. The minimum Gasteiger partial charge on any atom is -0.390 e. The van der Waals surface area contributed by atoms with Gasteiger partial charge in [-0.05, 0) is 29.8 Å². The van der Waals surface area contributed by atoms with Crippen molar-refractivity contribution in [3.05, 3.63) is 70.0 Å². The molecule has 0 bridgehead atoms. The average Bonchev–Trinajstić information content (AvgIpc) is 3.19. The molecule has 0 aliphatic carbocycles. The molecule has 0 radical (unpaired) electrons. The molecule has 1 amide bonds. The maximum atomic E-state index is 12.6. The predicted molar refractivity (Wildman–Crippen MR) is 104 cm³/mol. The Morgan fingerprint density at radius 3 is 2.81 bits per heavy atom. The van der Waals surface area contributed by atoms with Gasteiger partial charge in [0.1, 0.15) is 5.69 Å². The van der Waals surface area contributed by atoms with Crippen LogP contribution < -0.4 is 5.32 Å². The van der Waals surface area contributed by atoms with Crippen LogP contribution in [-0.2, 0) is 0 Å². The van der Waals surface area contributed by atoms with Crippen molar-refractivity contribution in [1.82, 2.24) is 15.3 Å². The van der Waals surface area contributed by atoms with Crippen LogP contribution >= 0.6 is 15.9 Å². The fourth-order valence-electron chi connectivity index (χ4n) is 4.00. The number of aromatic amines is 2. The number of benzene rings is 2. The van der Waals surface area contributed by atoms with Crippen molar-refractivity contribution < 1.29 is 9.90 Å².